The van der Waals surface area contributed by atoms with Crippen molar-refractivity contribution in [2.75, 3.05) is 13.2 Å². The molecule has 8 heteroatoms. The van der Waals surface area contributed by atoms with Crippen molar-refractivity contribution in [3.63, 3.8) is 0 Å². The van der Waals surface area contributed by atoms with Crippen molar-refractivity contribution >= 4 is 17.5 Å². The van der Waals surface area contributed by atoms with E-state index in [0.29, 0.717) is 42.0 Å². The third-order valence-corrected chi connectivity index (χ3v) is 5.14. The van der Waals surface area contributed by atoms with Crippen LogP contribution in [-0.4, -0.2) is 34.1 Å². The Morgan fingerprint density at radius 2 is 2.17 bits per heavy atom. The number of benzene rings is 2. The first-order valence-electron chi connectivity index (χ1n) is 9.32. The van der Waals surface area contributed by atoms with Crippen molar-refractivity contribution in [3.05, 3.63) is 64.8 Å². The Labute approximate surface area is 172 Å². The molecule has 0 N–H and O–H groups in total. The summed E-state index contributed by atoms with van der Waals surface area (Å²) in [4.78, 5) is 18.6. The molecule has 4 rings (SSSR count). The lowest BCUT2D eigenvalue weighted by atomic mass is 10.1. The van der Waals surface area contributed by atoms with E-state index in [-0.39, 0.29) is 18.2 Å². The van der Waals surface area contributed by atoms with E-state index >= 15 is 0 Å². The van der Waals surface area contributed by atoms with E-state index < -0.39 is 5.82 Å². The highest BCUT2D eigenvalue weighted by Crippen LogP contribution is 2.31. The zero-order valence-electron chi connectivity index (χ0n) is 15.8. The minimum absolute atomic E-state index is 0.0338. The fourth-order valence-electron chi connectivity index (χ4n) is 3.36. The number of nitrogens with zero attached hydrogens (tertiary/aromatic N) is 3. The lowest BCUT2D eigenvalue weighted by Gasteiger charge is -2.17. The molecule has 3 aromatic rings. The van der Waals surface area contributed by atoms with E-state index in [1.54, 1.807) is 11.0 Å². The van der Waals surface area contributed by atoms with E-state index in [9.17, 15) is 9.18 Å². The maximum Gasteiger partial charge on any atom is 0.232 e. The van der Waals surface area contributed by atoms with Crippen LogP contribution in [0.4, 0.5) is 4.39 Å². The molecule has 29 heavy (non-hydrogen) atoms. The van der Waals surface area contributed by atoms with E-state index in [0.717, 1.165) is 11.3 Å². The molecule has 0 radical (unpaired) electrons. The van der Waals surface area contributed by atoms with E-state index in [1.807, 2.05) is 31.2 Å². The molecule has 2 heterocycles. The van der Waals surface area contributed by atoms with Crippen LogP contribution in [-0.2, 0) is 11.3 Å². The molecule has 0 bridgehead atoms. The first-order valence-corrected chi connectivity index (χ1v) is 9.70. The molecule has 1 fully saturated rings. The minimum atomic E-state index is -0.406. The van der Waals surface area contributed by atoms with Gasteiger partial charge >= 0.3 is 0 Å². The second-order valence-electron chi connectivity index (χ2n) is 6.83. The first kappa shape index (κ1) is 19.4. The van der Waals surface area contributed by atoms with Gasteiger partial charge in [0.1, 0.15) is 11.6 Å². The van der Waals surface area contributed by atoms with Crippen molar-refractivity contribution in [2.45, 2.75) is 25.8 Å². The smallest absolute Gasteiger partial charge is 0.232 e. The van der Waals surface area contributed by atoms with Crippen molar-refractivity contribution in [1.29, 1.82) is 0 Å². The standard InChI is InChI=1S/C21H19ClFN3O3/c1-2-28-17-5-3-4-13(8-17)20-24-21(29-25-20)15-9-19(27)26(12-15)11-14-6-7-16(23)10-18(14)22/h3-8,10,15H,2,9,11-12H2,1H3. The highest BCUT2D eigenvalue weighted by Gasteiger charge is 2.34. The second kappa shape index (κ2) is 8.21. The fourth-order valence-corrected chi connectivity index (χ4v) is 3.58. The van der Waals surface area contributed by atoms with Gasteiger partial charge in [-0.2, -0.15) is 4.98 Å². The maximum atomic E-state index is 13.2. The Balaban J connectivity index is 1.47. The Hall–Kier alpha value is -2.93. The monoisotopic (exact) mass is 415 g/mol. The van der Waals surface area contributed by atoms with Gasteiger partial charge in [0, 0.05) is 30.1 Å². The van der Waals surface area contributed by atoms with E-state index in [4.69, 9.17) is 20.9 Å². The number of carbonyl (C=O) groups excluding carboxylic acids is 1. The number of ether oxygens (including phenoxy) is 1. The summed E-state index contributed by atoms with van der Waals surface area (Å²) in [5, 5.41) is 4.36. The average Bonchev–Trinajstić information content (AvgIpc) is 3.32. The highest BCUT2D eigenvalue weighted by molar-refractivity contribution is 6.31. The molecule has 0 aliphatic carbocycles. The van der Waals surface area contributed by atoms with E-state index in [1.165, 1.54) is 12.1 Å². The predicted octanol–water partition coefficient (Wildman–Crippen LogP) is 4.44. The lowest BCUT2D eigenvalue weighted by molar-refractivity contribution is -0.128. The van der Waals surface area contributed by atoms with E-state index in [2.05, 4.69) is 10.1 Å². The van der Waals surface area contributed by atoms with Crippen LogP contribution in [0.2, 0.25) is 5.02 Å². The number of carbonyl (C=O) groups is 1. The maximum absolute atomic E-state index is 13.2. The number of hydrogen-bond donors (Lipinski definition) is 0. The van der Waals surface area contributed by atoms with Gasteiger partial charge in [-0.1, -0.05) is 35.0 Å². The number of hydrogen-bond acceptors (Lipinski definition) is 5. The van der Waals surface area contributed by atoms with Gasteiger partial charge in [-0.15, -0.1) is 0 Å². The molecular formula is C21H19ClFN3O3. The Morgan fingerprint density at radius 3 is 2.97 bits per heavy atom. The summed E-state index contributed by atoms with van der Waals surface area (Å²) in [6, 6.07) is 11.6. The first-order chi connectivity index (χ1) is 14.0. The summed E-state index contributed by atoms with van der Waals surface area (Å²) < 4.78 is 24.2. The van der Waals surface area contributed by atoms with Crippen molar-refractivity contribution in [1.82, 2.24) is 15.0 Å². The number of likely N-dealkylation sites (tertiary alicyclic amines) is 1. The van der Waals surface area contributed by atoms with Crippen LogP contribution in [0.1, 0.15) is 30.7 Å². The van der Waals surface area contributed by atoms with Gasteiger partial charge < -0.3 is 14.2 Å². The summed E-state index contributed by atoms with van der Waals surface area (Å²) in [6.45, 7) is 3.24. The molecule has 1 amide bonds. The van der Waals surface area contributed by atoms with Crippen molar-refractivity contribution in [3.8, 4) is 17.1 Å². The van der Waals surface area contributed by atoms with Crippen molar-refractivity contribution < 1.29 is 18.4 Å². The minimum Gasteiger partial charge on any atom is -0.494 e. The summed E-state index contributed by atoms with van der Waals surface area (Å²) in [7, 11) is 0. The molecule has 1 aliphatic rings. The SMILES string of the molecule is CCOc1cccc(-c2noc(C3CC(=O)N(Cc4ccc(F)cc4Cl)C3)n2)c1. The molecule has 1 unspecified atom stereocenters. The molecule has 0 saturated carbocycles. The van der Waals surface area contributed by atoms with Gasteiger partial charge in [-0.3, -0.25) is 4.79 Å². The predicted molar refractivity (Wildman–Crippen MR) is 105 cm³/mol. The Morgan fingerprint density at radius 1 is 1.31 bits per heavy atom. The zero-order valence-corrected chi connectivity index (χ0v) is 16.5. The third kappa shape index (κ3) is 4.24. The molecule has 150 valence electrons. The van der Waals surface area contributed by atoms with Crippen molar-refractivity contribution in [2.24, 2.45) is 0 Å². The molecule has 1 aliphatic heterocycles. The van der Waals surface area contributed by atoms with Gasteiger partial charge in [0.15, 0.2) is 0 Å². The van der Waals surface area contributed by atoms with Crippen LogP contribution < -0.4 is 4.74 Å². The summed E-state index contributed by atoms with van der Waals surface area (Å²) in [5.74, 6) is 0.967. The van der Waals surface area contributed by atoms with Crippen LogP contribution in [0, 0.1) is 5.82 Å². The summed E-state index contributed by atoms with van der Waals surface area (Å²) >= 11 is 6.09. The average molecular weight is 416 g/mol. The molecule has 2 aromatic carbocycles. The Kier molecular flexibility index (Phi) is 5.49. The van der Waals surface area contributed by atoms with Crippen LogP contribution in [0.25, 0.3) is 11.4 Å². The number of amides is 1. The van der Waals surface area contributed by atoms with Crippen LogP contribution in [0.5, 0.6) is 5.75 Å². The van der Waals surface area contributed by atoms with Gasteiger partial charge in [0.25, 0.3) is 0 Å². The van der Waals surface area contributed by atoms with Gasteiger partial charge in [-0.25, -0.2) is 4.39 Å². The molecule has 0 spiro atoms. The lowest BCUT2D eigenvalue weighted by Crippen LogP contribution is -2.24. The largest absolute Gasteiger partial charge is 0.494 e. The number of aromatic nitrogens is 2. The summed E-state index contributed by atoms with van der Waals surface area (Å²) in [5.41, 5.74) is 1.48. The van der Waals surface area contributed by atoms with Gasteiger partial charge in [0.05, 0.1) is 12.5 Å². The second-order valence-corrected chi connectivity index (χ2v) is 7.24. The third-order valence-electron chi connectivity index (χ3n) is 4.79. The van der Waals surface area contributed by atoms with Crippen LogP contribution >= 0.6 is 11.6 Å². The topological polar surface area (TPSA) is 68.5 Å². The molecule has 1 atom stereocenters. The highest BCUT2D eigenvalue weighted by atomic mass is 35.5. The zero-order chi connectivity index (χ0) is 20.4. The van der Waals surface area contributed by atoms with Crippen LogP contribution in [0.15, 0.2) is 47.0 Å². The molecule has 1 aromatic heterocycles. The quantitative estimate of drug-likeness (QED) is 0.595. The normalized spacial score (nSPS) is 16.4. The van der Waals surface area contributed by atoms with Gasteiger partial charge in [0.2, 0.25) is 17.6 Å². The summed E-state index contributed by atoms with van der Waals surface area (Å²) in [6.07, 6.45) is 0.277. The number of halogens is 2. The Bertz CT molecular complexity index is 1040. The molecule has 6 nitrogen and oxygen atoms in total. The molecule has 1 saturated heterocycles. The fraction of sp³-hybridized carbons (Fsp3) is 0.286. The van der Waals surface area contributed by atoms with Gasteiger partial charge in [-0.05, 0) is 36.8 Å². The number of rotatable bonds is 6. The molecular weight excluding hydrogens is 397 g/mol. The van der Waals surface area contributed by atoms with Crippen LogP contribution in [0.3, 0.4) is 0 Å².